The molecule has 0 aliphatic heterocycles. The highest BCUT2D eigenvalue weighted by Crippen LogP contribution is 2.64. The van der Waals surface area contributed by atoms with Crippen LogP contribution in [0.2, 0.25) is 0 Å². The SMILES string of the molecule is O=S(=O)([O-])c1c(F)c(F)c(Oc2cc(C34CC5CC(CC(C5)C3)C4)ccc2C23CC4CC(CC(C4)C2)C3)c(F)c1F. The Bertz CT molecular complexity index is 1470. The molecule has 8 fully saturated rings. The summed E-state index contributed by atoms with van der Waals surface area (Å²) in [6.07, 6.45) is 13.3. The van der Waals surface area contributed by atoms with Crippen LogP contribution in [0.1, 0.15) is 88.2 Å². The van der Waals surface area contributed by atoms with Crippen molar-refractivity contribution in [3.8, 4) is 11.5 Å². The van der Waals surface area contributed by atoms with Crippen molar-refractivity contribution < 1.29 is 35.3 Å². The topological polar surface area (TPSA) is 66.4 Å². The van der Waals surface area contributed by atoms with Crippen molar-refractivity contribution in [2.24, 2.45) is 35.5 Å². The third kappa shape index (κ3) is 3.96. The quantitative estimate of drug-likeness (QED) is 0.202. The van der Waals surface area contributed by atoms with E-state index in [2.05, 4.69) is 6.07 Å². The Morgan fingerprint density at radius 1 is 0.659 bits per heavy atom. The van der Waals surface area contributed by atoms with E-state index in [1.807, 2.05) is 12.1 Å². The van der Waals surface area contributed by atoms with Crippen LogP contribution in [0.4, 0.5) is 17.6 Å². The standard InChI is InChI=1S/C32H34F4O4S/c33-25-27(35)30(41(37,38)39)28(36)26(34)29(25)40-24-9-22(31-10-16-3-17(11-31)5-18(4-16)12-31)1-2-23(24)32-13-19-6-20(14-32)8-21(7-19)15-32/h1-2,9,16-21H,3-8,10-15H2,(H,37,38,39)/p-1. The Labute approximate surface area is 237 Å². The molecule has 8 aliphatic rings. The maximum absolute atomic E-state index is 15.2. The molecule has 2 aromatic carbocycles. The molecular formula is C32H33F4O4S-. The second kappa shape index (κ2) is 8.71. The zero-order chi connectivity index (χ0) is 28.5. The Morgan fingerprint density at radius 2 is 1.07 bits per heavy atom. The molecule has 8 saturated carbocycles. The lowest BCUT2D eigenvalue weighted by Crippen LogP contribution is -2.49. The Balaban J connectivity index is 1.27. The van der Waals surface area contributed by atoms with Crippen molar-refractivity contribution >= 4 is 10.1 Å². The molecule has 0 amide bonds. The van der Waals surface area contributed by atoms with Gasteiger partial charge in [-0.3, -0.25) is 0 Å². The fourth-order valence-corrected chi connectivity index (χ4v) is 11.9. The molecule has 2 aromatic rings. The van der Waals surface area contributed by atoms with Gasteiger partial charge in [0.15, 0.2) is 11.6 Å². The van der Waals surface area contributed by atoms with Gasteiger partial charge in [0, 0.05) is 5.56 Å². The van der Waals surface area contributed by atoms with Crippen LogP contribution in [0.15, 0.2) is 23.1 Å². The molecule has 0 N–H and O–H groups in total. The number of ether oxygens (including phenoxy) is 1. The molecule has 10 rings (SSSR count). The number of rotatable bonds is 5. The summed E-state index contributed by atoms with van der Waals surface area (Å²) in [6.45, 7) is 0. The molecule has 0 heterocycles. The predicted octanol–water partition coefficient (Wildman–Crippen LogP) is 7.88. The zero-order valence-electron chi connectivity index (χ0n) is 22.7. The van der Waals surface area contributed by atoms with E-state index in [4.69, 9.17) is 4.74 Å². The molecule has 220 valence electrons. The highest BCUT2D eigenvalue weighted by atomic mass is 32.2. The third-order valence-corrected chi connectivity index (χ3v) is 12.7. The number of benzene rings is 2. The number of hydrogen-bond acceptors (Lipinski definition) is 4. The lowest BCUT2D eigenvalue weighted by atomic mass is 9.47. The van der Waals surface area contributed by atoms with Gasteiger partial charge in [-0.05, 0) is 135 Å². The summed E-state index contributed by atoms with van der Waals surface area (Å²) in [5.41, 5.74) is 1.55. The molecule has 8 aliphatic carbocycles. The van der Waals surface area contributed by atoms with E-state index in [9.17, 15) is 21.8 Å². The van der Waals surface area contributed by atoms with Gasteiger partial charge in [0.1, 0.15) is 20.8 Å². The fraction of sp³-hybridized carbons (Fsp3) is 0.625. The van der Waals surface area contributed by atoms with Crippen molar-refractivity contribution in [3.63, 3.8) is 0 Å². The first kappa shape index (κ1) is 26.5. The molecule has 0 aromatic heterocycles. The fourth-order valence-electron chi connectivity index (χ4n) is 11.3. The minimum atomic E-state index is -5.81. The molecule has 9 heteroatoms. The molecule has 0 unspecified atom stereocenters. The molecule has 0 radical (unpaired) electrons. The summed E-state index contributed by atoms with van der Waals surface area (Å²) in [5.74, 6) is -6.02. The first-order valence-electron chi connectivity index (χ1n) is 15.1. The van der Waals surface area contributed by atoms with E-state index in [-0.39, 0.29) is 16.6 Å². The van der Waals surface area contributed by atoms with E-state index >= 15 is 8.78 Å². The van der Waals surface area contributed by atoms with Crippen molar-refractivity contribution in [1.82, 2.24) is 0 Å². The molecule has 41 heavy (non-hydrogen) atoms. The highest BCUT2D eigenvalue weighted by molar-refractivity contribution is 7.85. The minimum absolute atomic E-state index is 0.0546. The van der Waals surface area contributed by atoms with Crippen molar-refractivity contribution in [3.05, 3.63) is 52.6 Å². The largest absolute Gasteiger partial charge is 0.744 e. The van der Waals surface area contributed by atoms with Crippen LogP contribution in [-0.4, -0.2) is 13.0 Å². The average molecular weight is 590 g/mol. The first-order valence-corrected chi connectivity index (χ1v) is 16.5. The molecule has 0 saturated heterocycles. The van der Waals surface area contributed by atoms with Gasteiger partial charge in [-0.1, -0.05) is 12.1 Å². The minimum Gasteiger partial charge on any atom is -0.744 e. The van der Waals surface area contributed by atoms with E-state index in [1.165, 1.54) is 38.5 Å². The van der Waals surface area contributed by atoms with E-state index in [1.54, 1.807) is 0 Å². The maximum atomic E-state index is 15.2. The molecule has 8 bridgehead atoms. The maximum Gasteiger partial charge on any atom is 0.205 e. The average Bonchev–Trinajstić information content (AvgIpc) is 2.88. The van der Waals surface area contributed by atoms with Crippen LogP contribution >= 0.6 is 0 Å². The number of halogens is 4. The summed E-state index contributed by atoms with van der Waals surface area (Å²) in [5, 5.41) is 0. The van der Waals surface area contributed by atoms with Gasteiger partial charge in [0.2, 0.25) is 17.4 Å². The Hall–Kier alpha value is -2.13. The van der Waals surface area contributed by atoms with Crippen molar-refractivity contribution in [2.45, 2.75) is 92.8 Å². The van der Waals surface area contributed by atoms with Gasteiger partial charge >= 0.3 is 0 Å². The number of hydrogen-bond donors (Lipinski definition) is 0. The van der Waals surface area contributed by atoms with Gasteiger partial charge < -0.3 is 9.29 Å². The van der Waals surface area contributed by atoms with Crippen LogP contribution in [0, 0.1) is 58.8 Å². The molecule has 4 nitrogen and oxygen atoms in total. The van der Waals surface area contributed by atoms with E-state index in [0.29, 0.717) is 35.5 Å². The normalized spacial score (nSPS) is 38.6. The molecule has 0 atom stereocenters. The van der Waals surface area contributed by atoms with Crippen LogP contribution in [0.25, 0.3) is 0 Å². The van der Waals surface area contributed by atoms with E-state index < -0.39 is 44.0 Å². The van der Waals surface area contributed by atoms with Crippen molar-refractivity contribution in [2.75, 3.05) is 0 Å². The Morgan fingerprint density at radius 3 is 1.49 bits per heavy atom. The second-order valence-electron chi connectivity index (χ2n) is 14.6. The second-order valence-corrected chi connectivity index (χ2v) is 15.9. The van der Waals surface area contributed by atoms with Gasteiger partial charge in [-0.2, -0.15) is 8.78 Å². The highest BCUT2D eigenvalue weighted by Gasteiger charge is 2.54. The van der Waals surface area contributed by atoms with Crippen LogP contribution in [0.3, 0.4) is 0 Å². The van der Waals surface area contributed by atoms with Crippen molar-refractivity contribution in [1.29, 1.82) is 0 Å². The lowest BCUT2D eigenvalue weighted by Gasteiger charge is -2.58. The summed E-state index contributed by atoms with van der Waals surface area (Å²) in [4.78, 5) is -2.16. The summed E-state index contributed by atoms with van der Waals surface area (Å²) in [7, 11) is -5.81. The van der Waals surface area contributed by atoms with Gasteiger partial charge in [0.25, 0.3) is 0 Å². The van der Waals surface area contributed by atoms with Gasteiger partial charge in [-0.15, -0.1) is 0 Å². The summed E-state index contributed by atoms with van der Waals surface area (Å²) in [6, 6.07) is 6.05. The van der Waals surface area contributed by atoms with Crippen LogP contribution < -0.4 is 4.74 Å². The summed E-state index contributed by atoms with van der Waals surface area (Å²) >= 11 is 0. The van der Waals surface area contributed by atoms with E-state index in [0.717, 1.165) is 49.7 Å². The first-order chi connectivity index (χ1) is 19.4. The predicted molar refractivity (Wildman–Crippen MR) is 140 cm³/mol. The van der Waals surface area contributed by atoms with Crippen LogP contribution in [-0.2, 0) is 20.9 Å². The summed E-state index contributed by atoms with van der Waals surface area (Å²) < 4.78 is 100. The third-order valence-electron chi connectivity index (χ3n) is 11.9. The monoisotopic (exact) mass is 589 g/mol. The molecular weight excluding hydrogens is 556 g/mol. The smallest absolute Gasteiger partial charge is 0.205 e. The lowest BCUT2D eigenvalue weighted by molar-refractivity contribution is -0.00764. The van der Waals surface area contributed by atoms with Crippen LogP contribution in [0.5, 0.6) is 11.5 Å². The molecule has 0 spiro atoms. The van der Waals surface area contributed by atoms with Gasteiger partial charge in [-0.25, -0.2) is 17.2 Å². The van der Waals surface area contributed by atoms with Gasteiger partial charge in [0.05, 0.1) is 0 Å². The zero-order valence-corrected chi connectivity index (χ0v) is 23.6. The Kier molecular flexibility index (Phi) is 5.63.